The first-order valence-electron chi connectivity index (χ1n) is 6.69. The number of nitrogens with zero attached hydrogens (tertiary/aromatic N) is 1. The highest BCUT2D eigenvalue weighted by Crippen LogP contribution is 2.13. The number of rotatable bonds is 4. The number of piperidine rings is 1. The Morgan fingerprint density at radius 1 is 1.42 bits per heavy atom. The summed E-state index contributed by atoms with van der Waals surface area (Å²) in [7, 11) is 0. The van der Waals surface area contributed by atoms with Gasteiger partial charge in [-0.1, -0.05) is 6.07 Å². The van der Waals surface area contributed by atoms with Crippen molar-refractivity contribution in [3.8, 4) is 0 Å². The molecule has 5 nitrogen and oxygen atoms in total. The lowest BCUT2D eigenvalue weighted by Gasteiger charge is -2.29. The first-order valence-corrected chi connectivity index (χ1v) is 6.69. The second-order valence-electron chi connectivity index (χ2n) is 5.00. The van der Waals surface area contributed by atoms with Crippen LogP contribution in [-0.4, -0.2) is 41.7 Å². The first-order chi connectivity index (χ1) is 9.13. The van der Waals surface area contributed by atoms with Gasteiger partial charge in [0.25, 0.3) is 0 Å². The Kier molecular flexibility index (Phi) is 4.76. The van der Waals surface area contributed by atoms with Crippen LogP contribution in [0.5, 0.6) is 0 Å². The summed E-state index contributed by atoms with van der Waals surface area (Å²) in [5.74, 6) is -0.00304. The third kappa shape index (κ3) is 4.54. The molecule has 1 amide bonds. The van der Waals surface area contributed by atoms with Gasteiger partial charge in [-0.2, -0.15) is 0 Å². The summed E-state index contributed by atoms with van der Waals surface area (Å²) in [6.07, 6.45) is 1.90. The van der Waals surface area contributed by atoms with Crippen LogP contribution in [0.4, 0.5) is 11.4 Å². The SMILES string of the molecule is Nc1cccc(NC(=O)CCN2CCC(O)CC2)c1. The normalized spacial score (nSPS) is 17.3. The molecule has 0 spiro atoms. The fourth-order valence-electron chi connectivity index (χ4n) is 2.24. The van der Waals surface area contributed by atoms with Crippen LogP contribution in [-0.2, 0) is 4.79 Å². The molecule has 1 saturated heterocycles. The highest BCUT2D eigenvalue weighted by Gasteiger charge is 2.17. The van der Waals surface area contributed by atoms with Gasteiger partial charge >= 0.3 is 0 Å². The van der Waals surface area contributed by atoms with Gasteiger partial charge in [0.2, 0.25) is 5.91 Å². The molecule has 1 aromatic carbocycles. The molecule has 1 aliphatic heterocycles. The van der Waals surface area contributed by atoms with E-state index >= 15 is 0 Å². The van der Waals surface area contributed by atoms with Crippen LogP contribution in [0.15, 0.2) is 24.3 Å². The lowest BCUT2D eigenvalue weighted by Crippen LogP contribution is -2.37. The number of likely N-dealkylation sites (tertiary alicyclic amines) is 1. The third-order valence-corrected chi connectivity index (χ3v) is 3.38. The van der Waals surface area contributed by atoms with Crippen LogP contribution in [0.1, 0.15) is 19.3 Å². The summed E-state index contributed by atoms with van der Waals surface area (Å²) < 4.78 is 0. The molecule has 2 rings (SSSR count). The maximum atomic E-state index is 11.8. The molecular weight excluding hydrogens is 242 g/mol. The zero-order valence-electron chi connectivity index (χ0n) is 11.0. The predicted octanol–water partition coefficient (Wildman–Crippen LogP) is 1.05. The minimum absolute atomic E-state index is 0.00304. The molecule has 0 unspecified atom stereocenters. The minimum Gasteiger partial charge on any atom is -0.399 e. The smallest absolute Gasteiger partial charge is 0.225 e. The van der Waals surface area contributed by atoms with E-state index in [1.54, 1.807) is 12.1 Å². The second-order valence-corrected chi connectivity index (χ2v) is 5.00. The van der Waals surface area contributed by atoms with E-state index in [0.29, 0.717) is 12.1 Å². The number of nitrogens with two attached hydrogens (primary N) is 1. The summed E-state index contributed by atoms with van der Waals surface area (Å²) in [6, 6.07) is 7.17. The molecule has 0 aromatic heterocycles. The summed E-state index contributed by atoms with van der Waals surface area (Å²) >= 11 is 0. The van der Waals surface area contributed by atoms with Gasteiger partial charge in [-0.15, -0.1) is 0 Å². The molecule has 4 N–H and O–H groups in total. The van der Waals surface area contributed by atoms with E-state index in [9.17, 15) is 9.90 Å². The number of nitrogens with one attached hydrogen (secondary N) is 1. The van der Waals surface area contributed by atoms with Crippen LogP contribution in [0.2, 0.25) is 0 Å². The van der Waals surface area contributed by atoms with Crippen molar-refractivity contribution in [3.63, 3.8) is 0 Å². The molecule has 104 valence electrons. The van der Waals surface area contributed by atoms with Crippen LogP contribution >= 0.6 is 0 Å². The highest BCUT2D eigenvalue weighted by molar-refractivity contribution is 5.91. The molecule has 0 radical (unpaired) electrons. The zero-order chi connectivity index (χ0) is 13.7. The van der Waals surface area contributed by atoms with Crippen LogP contribution < -0.4 is 11.1 Å². The Balaban J connectivity index is 1.73. The van der Waals surface area contributed by atoms with Gasteiger partial charge in [-0.3, -0.25) is 4.79 Å². The summed E-state index contributed by atoms with van der Waals surface area (Å²) in [5.41, 5.74) is 7.03. The maximum absolute atomic E-state index is 11.8. The number of aliphatic hydroxyl groups excluding tert-OH is 1. The van der Waals surface area contributed by atoms with Crippen molar-refractivity contribution in [1.82, 2.24) is 4.90 Å². The number of benzene rings is 1. The van der Waals surface area contributed by atoms with E-state index < -0.39 is 0 Å². The van der Waals surface area contributed by atoms with Gasteiger partial charge in [0.1, 0.15) is 0 Å². The van der Waals surface area contributed by atoms with Crippen molar-refractivity contribution in [3.05, 3.63) is 24.3 Å². The second kappa shape index (κ2) is 6.54. The Hall–Kier alpha value is -1.59. The number of aliphatic hydroxyl groups is 1. The highest BCUT2D eigenvalue weighted by atomic mass is 16.3. The molecule has 0 bridgehead atoms. The first kappa shape index (κ1) is 13.8. The third-order valence-electron chi connectivity index (χ3n) is 3.38. The molecule has 0 saturated carbocycles. The monoisotopic (exact) mass is 263 g/mol. The number of hydrogen-bond acceptors (Lipinski definition) is 4. The van der Waals surface area contributed by atoms with E-state index in [1.807, 2.05) is 12.1 Å². The quantitative estimate of drug-likeness (QED) is 0.710. The van der Waals surface area contributed by atoms with E-state index in [4.69, 9.17) is 5.73 Å². The maximum Gasteiger partial charge on any atom is 0.225 e. The average Bonchev–Trinajstić information content (AvgIpc) is 2.38. The fourth-order valence-corrected chi connectivity index (χ4v) is 2.24. The summed E-state index contributed by atoms with van der Waals surface area (Å²) in [5, 5.41) is 12.2. The molecule has 0 aliphatic carbocycles. The van der Waals surface area contributed by atoms with Gasteiger partial charge in [0, 0.05) is 37.4 Å². The van der Waals surface area contributed by atoms with Gasteiger partial charge < -0.3 is 21.1 Å². The van der Waals surface area contributed by atoms with E-state index in [2.05, 4.69) is 10.2 Å². The standard InChI is InChI=1S/C14H21N3O2/c15-11-2-1-3-12(10-11)16-14(19)6-9-17-7-4-13(18)5-8-17/h1-3,10,13,18H,4-9,15H2,(H,16,19). The van der Waals surface area contributed by atoms with Crippen molar-refractivity contribution in [2.24, 2.45) is 0 Å². The van der Waals surface area contributed by atoms with Crippen molar-refractivity contribution >= 4 is 17.3 Å². The number of amides is 1. The molecule has 1 fully saturated rings. The number of hydrogen-bond donors (Lipinski definition) is 3. The molecule has 1 aliphatic rings. The molecule has 1 heterocycles. The topological polar surface area (TPSA) is 78.6 Å². The number of carbonyl (C=O) groups excluding carboxylic acids is 1. The van der Waals surface area contributed by atoms with Gasteiger partial charge in [0.05, 0.1) is 6.10 Å². The molecule has 1 aromatic rings. The summed E-state index contributed by atoms with van der Waals surface area (Å²) in [6.45, 7) is 2.47. The molecule has 5 heteroatoms. The molecular formula is C14H21N3O2. The number of carbonyl (C=O) groups is 1. The Bertz CT molecular complexity index is 428. The lowest BCUT2D eigenvalue weighted by molar-refractivity contribution is -0.116. The molecule has 19 heavy (non-hydrogen) atoms. The van der Waals surface area contributed by atoms with E-state index in [1.165, 1.54) is 0 Å². The fraction of sp³-hybridized carbons (Fsp3) is 0.500. The Morgan fingerprint density at radius 3 is 2.84 bits per heavy atom. The molecule has 0 atom stereocenters. The van der Waals surface area contributed by atoms with Crippen molar-refractivity contribution < 1.29 is 9.90 Å². The Labute approximate surface area is 113 Å². The van der Waals surface area contributed by atoms with E-state index in [-0.39, 0.29) is 12.0 Å². The van der Waals surface area contributed by atoms with Gasteiger partial charge in [0.15, 0.2) is 0 Å². The van der Waals surface area contributed by atoms with E-state index in [0.717, 1.165) is 38.2 Å². The van der Waals surface area contributed by atoms with Crippen LogP contribution in [0.25, 0.3) is 0 Å². The lowest BCUT2D eigenvalue weighted by atomic mass is 10.1. The van der Waals surface area contributed by atoms with Crippen molar-refractivity contribution in [2.75, 3.05) is 30.7 Å². The average molecular weight is 263 g/mol. The number of anilines is 2. The van der Waals surface area contributed by atoms with Crippen molar-refractivity contribution in [2.45, 2.75) is 25.4 Å². The predicted molar refractivity (Wildman–Crippen MR) is 75.8 cm³/mol. The van der Waals surface area contributed by atoms with Gasteiger partial charge in [-0.25, -0.2) is 0 Å². The van der Waals surface area contributed by atoms with Crippen molar-refractivity contribution in [1.29, 1.82) is 0 Å². The zero-order valence-corrected chi connectivity index (χ0v) is 11.0. The summed E-state index contributed by atoms with van der Waals surface area (Å²) in [4.78, 5) is 14.0. The van der Waals surface area contributed by atoms with Gasteiger partial charge in [-0.05, 0) is 31.0 Å². The number of nitrogen functional groups attached to an aromatic ring is 1. The van der Waals surface area contributed by atoms with Crippen LogP contribution in [0.3, 0.4) is 0 Å². The van der Waals surface area contributed by atoms with Crippen LogP contribution in [0, 0.1) is 0 Å². The largest absolute Gasteiger partial charge is 0.399 e. The Morgan fingerprint density at radius 2 is 2.16 bits per heavy atom. The minimum atomic E-state index is -0.169.